The molecule has 0 fully saturated rings. The van der Waals surface area contributed by atoms with Crippen molar-refractivity contribution >= 4 is 22.6 Å². The minimum atomic E-state index is -1.41. The first kappa shape index (κ1) is 24.0. The molecule has 0 aliphatic rings. The molecule has 0 saturated carbocycles. The van der Waals surface area contributed by atoms with Gasteiger partial charge in [0.1, 0.15) is 18.1 Å². The van der Waals surface area contributed by atoms with Crippen LogP contribution in [0.5, 0.6) is 11.5 Å². The molecule has 7 nitrogen and oxygen atoms in total. The molecule has 2 unspecified atom stereocenters. The van der Waals surface area contributed by atoms with Gasteiger partial charge in [0.05, 0.1) is 31.0 Å². The highest BCUT2D eigenvalue weighted by Crippen LogP contribution is 2.28. The summed E-state index contributed by atoms with van der Waals surface area (Å²) < 4.78 is 16.2. The maximum atomic E-state index is 12.3. The highest BCUT2D eigenvalue weighted by molar-refractivity contribution is 5.78. The van der Waals surface area contributed by atoms with Gasteiger partial charge >= 0.3 is 5.97 Å². The number of hydrogen-bond acceptors (Lipinski definition) is 7. The number of anilines is 1. The van der Waals surface area contributed by atoms with E-state index in [2.05, 4.69) is 10.3 Å². The van der Waals surface area contributed by atoms with Crippen LogP contribution in [0.1, 0.15) is 24.2 Å². The molecule has 2 N–H and O–H groups in total. The molecule has 0 radical (unpaired) electrons. The lowest BCUT2D eigenvalue weighted by atomic mass is 10.0. The van der Waals surface area contributed by atoms with Gasteiger partial charge in [-0.25, -0.2) is 9.78 Å². The molecule has 1 heterocycles. The number of fused-ring (bicyclic) bond motifs is 1. The monoisotopic (exact) mass is 472 g/mol. The number of nitrogens with one attached hydrogen (secondary N) is 1. The zero-order valence-corrected chi connectivity index (χ0v) is 19.7. The molecule has 7 heteroatoms. The Morgan fingerprint density at radius 1 is 0.971 bits per heavy atom. The third-order valence-corrected chi connectivity index (χ3v) is 5.52. The van der Waals surface area contributed by atoms with E-state index in [1.54, 1.807) is 38.3 Å². The first-order chi connectivity index (χ1) is 17.1. The molecule has 0 aliphatic heterocycles. The summed E-state index contributed by atoms with van der Waals surface area (Å²) in [4.78, 5) is 17.0. The molecule has 0 aliphatic carbocycles. The number of methoxy groups -OCH3 is 1. The van der Waals surface area contributed by atoms with Crippen molar-refractivity contribution in [3.05, 3.63) is 96.2 Å². The van der Waals surface area contributed by atoms with Crippen LogP contribution < -0.4 is 14.8 Å². The number of aromatic nitrogens is 1. The fourth-order valence-corrected chi connectivity index (χ4v) is 3.72. The minimum Gasteiger partial charge on any atom is -0.497 e. The van der Waals surface area contributed by atoms with Gasteiger partial charge in [0.25, 0.3) is 0 Å². The minimum absolute atomic E-state index is 0.178. The van der Waals surface area contributed by atoms with Crippen LogP contribution in [-0.4, -0.2) is 35.9 Å². The summed E-state index contributed by atoms with van der Waals surface area (Å²) >= 11 is 0. The van der Waals surface area contributed by atoms with Crippen molar-refractivity contribution in [2.75, 3.05) is 19.0 Å². The Hall–Kier alpha value is -4.10. The van der Waals surface area contributed by atoms with Crippen molar-refractivity contribution in [1.82, 2.24) is 4.98 Å². The fourth-order valence-electron chi connectivity index (χ4n) is 3.72. The molecular formula is C28H28N2O5. The summed E-state index contributed by atoms with van der Waals surface area (Å²) in [6.45, 7) is 2.19. The van der Waals surface area contributed by atoms with Crippen molar-refractivity contribution in [3.8, 4) is 11.5 Å². The number of nitrogens with zero attached hydrogens (tertiary/aromatic N) is 1. The number of carbonyl (C=O) groups excluding carboxylic acids is 1. The number of aliphatic hydroxyl groups excluding tert-OH is 1. The number of ether oxygens (including phenoxy) is 3. The maximum absolute atomic E-state index is 12.3. The normalized spacial score (nSPS) is 12.5. The Balaban J connectivity index is 1.51. The highest BCUT2D eigenvalue weighted by Gasteiger charge is 2.29. The first-order valence-electron chi connectivity index (χ1n) is 11.4. The molecule has 3 aromatic carbocycles. The number of para-hydroxylation sites is 1. The van der Waals surface area contributed by atoms with Crippen LogP contribution in [0.4, 0.5) is 5.69 Å². The van der Waals surface area contributed by atoms with E-state index in [1.165, 1.54) is 0 Å². The van der Waals surface area contributed by atoms with E-state index < -0.39 is 18.1 Å². The Bertz CT molecular complexity index is 1280. The van der Waals surface area contributed by atoms with E-state index in [-0.39, 0.29) is 6.61 Å². The molecule has 4 aromatic rings. The predicted octanol–water partition coefficient (Wildman–Crippen LogP) is 4.90. The second-order valence-corrected chi connectivity index (χ2v) is 7.90. The summed E-state index contributed by atoms with van der Waals surface area (Å²) in [5, 5.41) is 15.1. The van der Waals surface area contributed by atoms with Crippen LogP contribution in [-0.2, 0) is 16.1 Å². The zero-order chi connectivity index (χ0) is 24.6. The highest BCUT2D eigenvalue weighted by atomic mass is 16.5. The number of rotatable bonds is 10. The van der Waals surface area contributed by atoms with Crippen LogP contribution in [0.25, 0.3) is 10.9 Å². The predicted molar refractivity (Wildman–Crippen MR) is 135 cm³/mol. The summed E-state index contributed by atoms with van der Waals surface area (Å²) in [5.74, 6) is 0.607. The Kier molecular flexibility index (Phi) is 7.80. The number of benzene rings is 3. The Morgan fingerprint density at radius 2 is 1.77 bits per heavy atom. The third-order valence-electron chi connectivity index (χ3n) is 5.52. The number of esters is 1. The molecule has 2 atom stereocenters. The average Bonchev–Trinajstić information content (AvgIpc) is 2.90. The van der Waals surface area contributed by atoms with Crippen LogP contribution in [0.2, 0.25) is 0 Å². The van der Waals surface area contributed by atoms with Crippen LogP contribution in [0.3, 0.4) is 0 Å². The van der Waals surface area contributed by atoms with Crippen molar-refractivity contribution in [3.63, 3.8) is 0 Å². The third kappa shape index (κ3) is 6.07. The molecule has 35 heavy (non-hydrogen) atoms. The van der Waals surface area contributed by atoms with E-state index in [9.17, 15) is 9.90 Å². The lowest BCUT2D eigenvalue weighted by Gasteiger charge is -2.25. The first-order valence-corrected chi connectivity index (χ1v) is 11.4. The van der Waals surface area contributed by atoms with Crippen molar-refractivity contribution in [1.29, 1.82) is 0 Å². The van der Waals surface area contributed by atoms with E-state index in [0.717, 1.165) is 16.6 Å². The van der Waals surface area contributed by atoms with E-state index in [4.69, 9.17) is 14.2 Å². The average molecular weight is 473 g/mol. The van der Waals surface area contributed by atoms with E-state index in [0.29, 0.717) is 29.4 Å². The van der Waals surface area contributed by atoms with Gasteiger partial charge in [0.2, 0.25) is 0 Å². The summed E-state index contributed by atoms with van der Waals surface area (Å²) in [6, 6.07) is 25.6. The summed E-state index contributed by atoms with van der Waals surface area (Å²) in [6.07, 6.45) is -1.41. The van der Waals surface area contributed by atoms with Gasteiger partial charge in [-0.15, -0.1) is 0 Å². The molecule has 0 amide bonds. The van der Waals surface area contributed by atoms with Crippen LogP contribution in [0.15, 0.2) is 84.9 Å². The Morgan fingerprint density at radius 3 is 2.54 bits per heavy atom. The standard InChI is InChI=1S/C28H28N2O5/c1-3-34-28(32)27(31)26(20-12-15-23(33-2)16-13-20)30-21-8-6-9-24(17-21)35-18-22-14-11-19-7-4-5-10-25(19)29-22/h4-17,26-27,30-31H,3,18H2,1-2H3. The molecule has 0 bridgehead atoms. The molecular weight excluding hydrogens is 444 g/mol. The van der Waals surface area contributed by atoms with Crippen LogP contribution in [0, 0.1) is 0 Å². The van der Waals surface area contributed by atoms with Gasteiger partial charge in [-0.05, 0) is 48.9 Å². The van der Waals surface area contributed by atoms with E-state index in [1.807, 2.05) is 60.7 Å². The topological polar surface area (TPSA) is 89.9 Å². The summed E-state index contributed by atoms with van der Waals surface area (Å²) in [5.41, 5.74) is 3.12. The molecule has 1 aromatic heterocycles. The van der Waals surface area contributed by atoms with Gasteiger partial charge in [-0.3, -0.25) is 0 Å². The number of carbonyl (C=O) groups is 1. The molecule has 0 saturated heterocycles. The quantitative estimate of drug-likeness (QED) is 0.317. The number of aliphatic hydroxyl groups is 1. The number of hydrogen-bond donors (Lipinski definition) is 2. The van der Waals surface area contributed by atoms with Gasteiger partial charge < -0.3 is 24.6 Å². The largest absolute Gasteiger partial charge is 0.497 e. The molecule has 180 valence electrons. The van der Waals surface area contributed by atoms with Gasteiger partial charge in [0.15, 0.2) is 6.10 Å². The van der Waals surface area contributed by atoms with Crippen molar-refractivity contribution in [2.45, 2.75) is 25.7 Å². The lowest BCUT2D eigenvalue weighted by Crippen LogP contribution is -2.34. The Labute approximate surface area is 204 Å². The zero-order valence-electron chi connectivity index (χ0n) is 19.7. The summed E-state index contributed by atoms with van der Waals surface area (Å²) in [7, 11) is 1.58. The van der Waals surface area contributed by atoms with Gasteiger partial charge in [0, 0.05) is 17.1 Å². The second-order valence-electron chi connectivity index (χ2n) is 7.90. The van der Waals surface area contributed by atoms with Crippen molar-refractivity contribution in [2.24, 2.45) is 0 Å². The van der Waals surface area contributed by atoms with Gasteiger partial charge in [-0.1, -0.05) is 42.5 Å². The van der Waals surface area contributed by atoms with E-state index >= 15 is 0 Å². The smallest absolute Gasteiger partial charge is 0.337 e. The molecule has 4 rings (SSSR count). The molecule has 0 spiro atoms. The van der Waals surface area contributed by atoms with Gasteiger partial charge in [-0.2, -0.15) is 0 Å². The second kappa shape index (κ2) is 11.4. The maximum Gasteiger partial charge on any atom is 0.337 e. The SMILES string of the molecule is CCOC(=O)C(O)C(Nc1cccc(OCc2ccc3ccccc3n2)c1)c1ccc(OC)cc1. The number of pyridine rings is 1. The van der Waals surface area contributed by atoms with Crippen LogP contribution >= 0.6 is 0 Å². The fraction of sp³-hybridized carbons (Fsp3) is 0.214. The lowest BCUT2D eigenvalue weighted by molar-refractivity contribution is -0.153. The van der Waals surface area contributed by atoms with Crippen molar-refractivity contribution < 1.29 is 24.1 Å².